The number of aromatic nitrogens is 3. The zero-order chi connectivity index (χ0) is 21.3. The van der Waals surface area contributed by atoms with Crippen LogP contribution in [0, 0.1) is 0 Å². The standard InChI is InChI=1S/C22H25N3O5/c1-16-7-8-18(26)6-4-2-3-5-17-13-19(29-12-11-25-23-9-10-24-25)14-20(27)21(17)22(28)30-15-16/h3,5,7,9-10,13-14,27H,2,4,6,8,11-12,15H2,1H3. The summed E-state index contributed by atoms with van der Waals surface area (Å²) in [5, 5.41) is 18.5. The molecule has 0 atom stereocenters. The van der Waals surface area contributed by atoms with Gasteiger partial charge in [-0.15, -0.1) is 0 Å². The van der Waals surface area contributed by atoms with Gasteiger partial charge in [-0.1, -0.05) is 18.2 Å². The SMILES string of the molecule is CC1=CCC(=O)CCCC=Cc2cc(OCCn3nccn3)cc(O)c2C(=O)OC1. The number of hydrogen-bond donors (Lipinski definition) is 1. The predicted molar refractivity (Wildman–Crippen MR) is 110 cm³/mol. The van der Waals surface area contributed by atoms with Crippen molar-refractivity contribution in [1.29, 1.82) is 0 Å². The van der Waals surface area contributed by atoms with E-state index in [4.69, 9.17) is 9.47 Å². The molecule has 8 heteroatoms. The number of ether oxygens (including phenoxy) is 2. The molecule has 1 N–H and O–H groups in total. The first kappa shape index (κ1) is 21.3. The van der Waals surface area contributed by atoms with Gasteiger partial charge in [-0.2, -0.15) is 15.0 Å². The Balaban J connectivity index is 1.80. The second kappa shape index (κ2) is 10.4. The van der Waals surface area contributed by atoms with E-state index in [1.165, 1.54) is 10.9 Å². The normalized spacial score (nSPS) is 15.7. The average Bonchev–Trinajstić information content (AvgIpc) is 3.23. The van der Waals surface area contributed by atoms with Crippen LogP contribution in [0.2, 0.25) is 0 Å². The van der Waals surface area contributed by atoms with Crippen molar-refractivity contribution in [3.63, 3.8) is 0 Å². The molecule has 0 spiro atoms. The van der Waals surface area contributed by atoms with Gasteiger partial charge < -0.3 is 14.6 Å². The van der Waals surface area contributed by atoms with E-state index in [1.807, 2.05) is 6.08 Å². The lowest BCUT2D eigenvalue weighted by molar-refractivity contribution is -0.118. The lowest BCUT2D eigenvalue weighted by Crippen LogP contribution is -2.12. The lowest BCUT2D eigenvalue weighted by atomic mass is 10.0. The molecule has 0 saturated carbocycles. The summed E-state index contributed by atoms with van der Waals surface area (Å²) in [4.78, 5) is 26.0. The fourth-order valence-corrected chi connectivity index (χ4v) is 2.99. The Hall–Kier alpha value is -3.42. The molecule has 3 rings (SSSR count). The molecular weight excluding hydrogens is 386 g/mol. The predicted octanol–water partition coefficient (Wildman–Crippen LogP) is 3.32. The van der Waals surface area contributed by atoms with Gasteiger partial charge in [0.1, 0.15) is 36.1 Å². The zero-order valence-corrected chi connectivity index (χ0v) is 16.9. The second-order valence-corrected chi connectivity index (χ2v) is 7.04. The van der Waals surface area contributed by atoms with Crippen LogP contribution in [0.5, 0.6) is 11.5 Å². The van der Waals surface area contributed by atoms with Crippen molar-refractivity contribution in [2.24, 2.45) is 0 Å². The molecule has 0 radical (unpaired) electrons. The van der Waals surface area contributed by atoms with E-state index in [-0.39, 0.29) is 23.7 Å². The van der Waals surface area contributed by atoms with Crippen LogP contribution in [-0.2, 0) is 16.1 Å². The van der Waals surface area contributed by atoms with Gasteiger partial charge in [-0.3, -0.25) is 4.79 Å². The molecule has 0 amide bonds. The first-order valence-corrected chi connectivity index (χ1v) is 9.88. The minimum atomic E-state index is -0.629. The lowest BCUT2D eigenvalue weighted by Gasteiger charge is -2.13. The number of phenolic OH excluding ortho intramolecular Hbond substituents is 1. The van der Waals surface area contributed by atoms with Crippen LogP contribution in [0.4, 0.5) is 0 Å². The van der Waals surface area contributed by atoms with E-state index in [9.17, 15) is 14.7 Å². The van der Waals surface area contributed by atoms with Crippen molar-refractivity contribution in [3.8, 4) is 11.5 Å². The first-order valence-electron chi connectivity index (χ1n) is 9.88. The summed E-state index contributed by atoms with van der Waals surface area (Å²) < 4.78 is 11.0. The molecule has 2 heterocycles. The highest BCUT2D eigenvalue weighted by Gasteiger charge is 2.19. The summed E-state index contributed by atoms with van der Waals surface area (Å²) in [5.41, 5.74) is 1.38. The minimum absolute atomic E-state index is 0.0594. The van der Waals surface area contributed by atoms with E-state index >= 15 is 0 Å². The van der Waals surface area contributed by atoms with Gasteiger partial charge in [-0.25, -0.2) is 4.79 Å². The highest BCUT2D eigenvalue weighted by molar-refractivity contribution is 5.97. The maximum Gasteiger partial charge on any atom is 0.342 e. The monoisotopic (exact) mass is 411 g/mol. The summed E-state index contributed by atoms with van der Waals surface area (Å²) in [7, 11) is 0. The molecule has 1 aliphatic rings. The maximum atomic E-state index is 12.6. The smallest absolute Gasteiger partial charge is 0.342 e. The van der Waals surface area contributed by atoms with Crippen molar-refractivity contribution in [3.05, 3.63) is 53.4 Å². The number of carbonyl (C=O) groups excluding carboxylic acids is 2. The number of allylic oxidation sites excluding steroid dienone is 2. The number of rotatable bonds is 4. The van der Waals surface area contributed by atoms with Crippen molar-refractivity contribution >= 4 is 17.8 Å². The van der Waals surface area contributed by atoms with Crippen LogP contribution in [0.15, 0.2) is 42.3 Å². The fraction of sp³-hybridized carbons (Fsp3) is 0.364. The Morgan fingerprint density at radius 1 is 1.23 bits per heavy atom. The average molecular weight is 411 g/mol. The molecule has 30 heavy (non-hydrogen) atoms. The quantitative estimate of drug-likeness (QED) is 0.608. The minimum Gasteiger partial charge on any atom is -0.507 e. The molecule has 1 aliphatic heterocycles. The van der Waals surface area contributed by atoms with Gasteiger partial charge in [0.25, 0.3) is 0 Å². The molecule has 0 aliphatic carbocycles. The van der Waals surface area contributed by atoms with Crippen molar-refractivity contribution in [1.82, 2.24) is 15.0 Å². The molecule has 0 unspecified atom stereocenters. The maximum absolute atomic E-state index is 12.6. The third-order valence-corrected chi connectivity index (χ3v) is 4.59. The van der Waals surface area contributed by atoms with Crippen molar-refractivity contribution < 1.29 is 24.2 Å². The van der Waals surface area contributed by atoms with Gasteiger partial charge >= 0.3 is 5.97 Å². The Morgan fingerprint density at radius 3 is 2.83 bits per heavy atom. The third-order valence-electron chi connectivity index (χ3n) is 4.59. The first-order chi connectivity index (χ1) is 14.5. The second-order valence-electron chi connectivity index (χ2n) is 7.04. The number of fused-ring (bicyclic) bond motifs is 1. The number of carbonyl (C=O) groups is 2. The molecule has 0 saturated heterocycles. The zero-order valence-electron chi connectivity index (χ0n) is 16.9. The number of ketones is 1. The summed E-state index contributed by atoms with van der Waals surface area (Å²) >= 11 is 0. The third kappa shape index (κ3) is 6.04. The number of hydrogen-bond acceptors (Lipinski definition) is 7. The summed E-state index contributed by atoms with van der Waals surface area (Å²) in [6.45, 7) is 2.61. The summed E-state index contributed by atoms with van der Waals surface area (Å²) in [5.74, 6) is -0.261. The Bertz CT molecular complexity index is 948. The molecule has 0 bridgehead atoms. The number of cyclic esters (lactones) is 1. The molecule has 8 nitrogen and oxygen atoms in total. The van der Waals surface area contributed by atoms with E-state index in [1.54, 1.807) is 37.5 Å². The van der Waals surface area contributed by atoms with E-state index in [2.05, 4.69) is 10.2 Å². The van der Waals surface area contributed by atoms with Crippen LogP contribution < -0.4 is 4.74 Å². The molecule has 158 valence electrons. The Labute approximate surface area is 174 Å². The van der Waals surface area contributed by atoms with Crippen LogP contribution in [0.25, 0.3) is 6.08 Å². The van der Waals surface area contributed by atoms with Crippen molar-refractivity contribution in [2.45, 2.75) is 39.2 Å². The van der Waals surface area contributed by atoms with E-state index in [0.29, 0.717) is 43.7 Å². The van der Waals surface area contributed by atoms with E-state index < -0.39 is 5.97 Å². The number of nitrogens with zero attached hydrogens (tertiary/aromatic N) is 3. The number of aromatic hydroxyl groups is 1. The number of benzene rings is 1. The van der Waals surface area contributed by atoms with Gasteiger partial charge in [0, 0.05) is 18.9 Å². The number of esters is 1. The van der Waals surface area contributed by atoms with Gasteiger partial charge in [0.15, 0.2) is 0 Å². The fourth-order valence-electron chi connectivity index (χ4n) is 2.99. The van der Waals surface area contributed by atoms with Crippen molar-refractivity contribution in [2.75, 3.05) is 13.2 Å². The molecular formula is C22H25N3O5. The van der Waals surface area contributed by atoms with Crippen LogP contribution in [-0.4, -0.2) is 45.1 Å². The van der Waals surface area contributed by atoms with Gasteiger partial charge in [0.05, 0.1) is 18.9 Å². The Kier molecular flexibility index (Phi) is 7.37. The summed E-state index contributed by atoms with van der Waals surface area (Å²) in [6, 6.07) is 3.08. The van der Waals surface area contributed by atoms with Gasteiger partial charge in [-0.05, 0) is 37.0 Å². The van der Waals surface area contributed by atoms with Crippen LogP contribution >= 0.6 is 0 Å². The highest BCUT2D eigenvalue weighted by atomic mass is 16.5. The number of phenols is 1. The Morgan fingerprint density at radius 2 is 2.03 bits per heavy atom. The largest absolute Gasteiger partial charge is 0.507 e. The number of Topliss-reactive ketones (excluding diaryl/α,β-unsaturated/α-hetero) is 1. The molecule has 1 aromatic heterocycles. The van der Waals surface area contributed by atoms with E-state index in [0.717, 1.165) is 12.0 Å². The van der Waals surface area contributed by atoms with Crippen LogP contribution in [0.3, 0.4) is 0 Å². The topological polar surface area (TPSA) is 104 Å². The van der Waals surface area contributed by atoms with Crippen LogP contribution in [0.1, 0.15) is 48.5 Å². The van der Waals surface area contributed by atoms with Gasteiger partial charge in [0.2, 0.25) is 0 Å². The molecule has 1 aromatic carbocycles. The summed E-state index contributed by atoms with van der Waals surface area (Å²) in [6.07, 6.45) is 10.8. The molecule has 2 aromatic rings. The molecule has 0 fully saturated rings. The highest BCUT2D eigenvalue weighted by Crippen LogP contribution is 2.30.